The van der Waals surface area contributed by atoms with Crippen molar-refractivity contribution in [3.8, 4) is 11.6 Å². The second kappa shape index (κ2) is 9.94. The summed E-state index contributed by atoms with van der Waals surface area (Å²) in [5.41, 5.74) is 2.79. The van der Waals surface area contributed by atoms with E-state index in [9.17, 15) is 4.79 Å². The lowest BCUT2D eigenvalue weighted by molar-refractivity contribution is 0.102. The van der Waals surface area contributed by atoms with Gasteiger partial charge in [0.1, 0.15) is 11.3 Å². The Bertz CT molecular complexity index is 1200. The molecule has 2 aromatic heterocycles. The molecule has 0 aliphatic rings. The molecule has 2 N–H and O–H groups in total. The number of amides is 1. The molecule has 7 heteroatoms. The Morgan fingerprint density at radius 1 is 1.00 bits per heavy atom. The Kier molecular flexibility index (Phi) is 6.63. The molecule has 4 rings (SSSR count). The van der Waals surface area contributed by atoms with E-state index in [4.69, 9.17) is 16.3 Å². The molecule has 0 saturated heterocycles. The van der Waals surface area contributed by atoms with E-state index in [2.05, 4.69) is 39.7 Å². The van der Waals surface area contributed by atoms with E-state index < -0.39 is 0 Å². The van der Waals surface area contributed by atoms with Crippen LogP contribution in [0, 0.1) is 0 Å². The third kappa shape index (κ3) is 5.22. The maximum atomic E-state index is 12.9. The second-order valence-electron chi connectivity index (χ2n) is 7.07. The van der Waals surface area contributed by atoms with Gasteiger partial charge in [-0.25, -0.2) is 4.98 Å². The Hall–Kier alpha value is -3.90. The Morgan fingerprint density at radius 2 is 1.81 bits per heavy atom. The lowest BCUT2D eigenvalue weighted by atomic mass is 10.1. The standard InChI is InChI=1S/C25H21ClN4O2/c1-17(18-7-3-2-4-8-18)29-23-12-11-19(15-22(23)26)30-24(31)21-10-6-14-28-25(21)32-20-9-5-13-27-16-20/h2-17,29H,1H3,(H,30,31). The predicted octanol–water partition coefficient (Wildman–Crippen LogP) is 6.35. The molecule has 0 radical (unpaired) electrons. The average Bonchev–Trinajstić information content (AvgIpc) is 2.82. The molecule has 0 spiro atoms. The molecule has 1 amide bonds. The van der Waals surface area contributed by atoms with E-state index in [-0.39, 0.29) is 17.8 Å². The number of rotatable bonds is 7. The smallest absolute Gasteiger partial charge is 0.261 e. The van der Waals surface area contributed by atoms with Gasteiger partial charge in [0.2, 0.25) is 5.88 Å². The lowest BCUT2D eigenvalue weighted by Crippen LogP contribution is -2.14. The summed E-state index contributed by atoms with van der Waals surface area (Å²) in [6.45, 7) is 2.06. The Balaban J connectivity index is 1.47. The minimum atomic E-state index is -0.355. The van der Waals surface area contributed by atoms with Gasteiger partial charge in [0.05, 0.1) is 16.9 Å². The molecule has 0 bridgehead atoms. The molecule has 0 aliphatic carbocycles. The van der Waals surface area contributed by atoms with Crippen molar-refractivity contribution in [1.29, 1.82) is 0 Å². The fourth-order valence-corrected chi connectivity index (χ4v) is 3.37. The minimum absolute atomic E-state index is 0.0803. The van der Waals surface area contributed by atoms with E-state index in [0.717, 1.165) is 11.3 Å². The van der Waals surface area contributed by atoms with Gasteiger partial charge in [0.25, 0.3) is 5.91 Å². The van der Waals surface area contributed by atoms with Crippen LogP contribution >= 0.6 is 11.6 Å². The van der Waals surface area contributed by atoms with E-state index in [1.54, 1.807) is 55.0 Å². The maximum Gasteiger partial charge on any atom is 0.261 e. The van der Waals surface area contributed by atoms with Crippen LogP contribution in [-0.2, 0) is 0 Å². The van der Waals surface area contributed by atoms with Gasteiger partial charge in [0, 0.05) is 24.1 Å². The second-order valence-corrected chi connectivity index (χ2v) is 7.48. The third-order valence-corrected chi connectivity index (χ3v) is 5.08. The molecule has 0 aliphatic heterocycles. The summed E-state index contributed by atoms with van der Waals surface area (Å²) in [5.74, 6) is 0.330. The van der Waals surface area contributed by atoms with E-state index >= 15 is 0 Å². The molecule has 32 heavy (non-hydrogen) atoms. The van der Waals surface area contributed by atoms with Gasteiger partial charge in [-0.3, -0.25) is 9.78 Å². The molecule has 0 fully saturated rings. The average molecular weight is 445 g/mol. The van der Waals surface area contributed by atoms with Crippen molar-refractivity contribution in [2.45, 2.75) is 13.0 Å². The van der Waals surface area contributed by atoms with Gasteiger partial charge < -0.3 is 15.4 Å². The van der Waals surface area contributed by atoms with Crippen LogP contribution in [0.5, 0.6) is 11.6 Å². The Labute approximate surface area is 191 Å². The number of aromatic nitrogens is 2. The fraction of sp³-hybridized carbons (Fsp3) is 0.0800. The number of carbonyl (C=O) groups is 1. The number of hydrogen-bond acceptors (Lipinski definition) is 5. The van der Waals surface area contributed by atoms with Gasteiger partial charge in [-0.05, 0) is 55.0 Å². The highest BCUT2D eigenvalue weighted by atomic mass is 35.5. The van der Waals surface area contributed by atoms with Crippen LogP contribution < -0.4 is 15.4 Å². The molecule has 2 heterocycles. The van der Waals surface area contributed by atoms with Crippen LogP contribution in [0.2, 0.25) is 5.02 Å². The van der Waals surface area contributed by atoms with Crippen molar-refractivity contribution >= 4 is 28.9 Å². The van der Waals surface area contributed by atoms with Gasteiger partial charge in [-0.2, -0.15) is 0 Å². The number of nitrogens with one attached hydrogen (secondary N) is 2. The summed E-state index contributed by atoms with van der Waals surface area (Å²) in [4.78, 5) is 21.1. The number of pyridine rings is 2. The molecule has 4 aromatic rings. The highest BCUT2D eigenvalue weighted by Crippen LogP contribution is 2.30. The fourth-order valence-electron chi connectivity index (χ4n) is 3.13. The number of hydrogen-bond donors (Lipinski definition) is 2. The molecule has 1 atom stereocenters. The lowest BCUT2D eigenvalue weighted by Gasteiger charge is -2.17. The maximum absolute atomic E-state index is 12.9. The first kappa shape index (κ1) is 21.3. The summed E-state index contributed by atoms with van der Waals surface area (Å²) in [6.07, 6.45) is 4.76. The first-order valence-corrected chi connectivity index (χ1v) is 10.4. The summed E-state index contributed by atoms with van der Waals surface area (Å²) in [5, 5.41) is 6.75. The summed E-state index contributed by atoms with van der Waals surface area (Å²) >= 11 is 6.47. The largest absolute Gasteiger partial charge is 0.437 e. The molecular formula is C25H21ClN4O2. The van der Waals surface area contributed by atoms with Crippen LogP contribution in [0.3, 0.4) is 0 Å². The number of carbonyl (C=O) groups excluding carboxylic acids is 1. The number of nitrogens with zero attached hydrogens (tertiary/aromatic N) is 2. The highest BCUT2D eigenvalue weighted by Gasteiger charge is 2.16. The van der Waals surface area contributed by atoms with E-state index in [1.807, 2.05) is 24.3 Å². The summed E-state index contributed by atoms with van der Waals surface area (Å²) in [7, 11) is 0. The van der Waals surface area contributed by atoms with Crippen LogP contribution in [0.15, 0.2) is 91.4 Å². The van der Waals surface area contributed by atoms with Crippen molar-refractivity contribution in [3.05, 3.63) is 108 Å². The first-order chi connectivity index (χ1) is 15.6. The van der Waals surface area contributed by atoms with Crippen LogP contribution in [0.1, 0.15) is 28.9 Å². The summed E-state index contributed by atoms with van der Waals surface area (Å²) in [6, 6.07) is 22.3. The minimum Gasteiger partial charge on any atom is -0.437 e. The SMILES string of the molecule is CC(Nc1ccc(NC(=O)c2cccnc2Oc2cccnc2)cc1Cl)c1ccccc1. The van der Waals surface area contributed by atoms with Crippen LogP contribution in [0.25, 0.3) is 0 Å². The molecule has 0 saturated carbocycles. The Morgan fingerprint density at radius 3 is 2.56 bits per heavy atom. The predicted molar refractivity (Wildman–Crippen MR) is 126 cm³/mol. The summed E-state index contributed by atoms with van der Waals surface area (Å²) < 4.78 is 5.73. The molecule has 160 valence electrons. The quantitative estimate of drug-likeness (QED) is 0.347. The highest BCUT2D eigenvalue weighted by molar-refractivity contribution is 6.33. The van der Waals surface area contributed by atoms with Gasteiger partial charge in [0.15, 0.2) is 0 Å². The van der Waals surface area contributed by atoms with Gasteiger partial charge in [-0.15, -0.1) is 0 Å². The van der Waals surface area contributed by atoms with Crippen molar-refractivity contribution < 1.29 is 9.53 Å². The number of benzene rings is 2. The molecule has 6 nitrogen and oxygen atoms in total. The zero-order valence-corrected chi connectivity index (χ0v) is 18.1. The third-order valence-electron chi connectivity index (χ3n) is 4.76. The molecule has 1 unspecified atom stereocenters. The van der Waals surface area contributed by atoms with Crippen molar-refractivity contribution in [2.24, 2.45) is 0 Å². The van der Waals surface area contributed by atoms with Crippen molar-refractivity contribution in [3.63, 3.8) is 0 Å². The topological polar surface area (TPSA) is 76.1 Å². The molecule has 2 aromatic carbocycles. The van der Waals surface area contributed by atoms with Crippen molar-refractivity contribution in [1.82, 2.24) is 9.97 Å². The zero-order valence-electron chi connectivity index (χ0n) is 17.3. The van der Waals surface area contributed by atoms with E-state index in [0.29, 0.717) is 22.0 Å². The number of ether oxygens (including phenoxy) is 1. The number of halogens is 1. The van der Waals surface area contributed by atoms with Gasteiger partial charge >= 0.3 is 0 Å². The monoisotopic (exact) mass is 444 g/mol. The number of anilines is 2. The normalized spacial score (nSPS) is 11.4. The van der Waals surface area contributed by atoms with Crippen LogP contribution in [-0.4, -0.2) is 15.9 Å². The van der Waals surface area contributed by atoms with Gasteiger partial charge in [-0.1, -0.05) is 41.9 Å². The van der Waals surface area contributed by atoms with Crippen molar-refractivity contribution in [2.75, 3.05) is 10.6 Å². The van der Waals surface area contributed by atoms with Crippen LogP contribution in [0.4, 0.5) is 11.4 Å². The zero-order chi connectivity index (χ0) is 22.3. The van der Waals surface area contributed by atoms with E-state index in [1.165, 1.54) is 0 Å². The molecular weight excluding hydrogens is 424 g/mol. The first-order valence-electron chi connectivity index (χ1n) is 10.1.